The number of benzene rings is 3. The van der Waals surface area contributed by atoms with Crippen LogP contribution in [0, 0.1) is 44.1 Å². The zero-order valence-electron chi connectivity index (χ0n) is 41.8. The van der Waals surface area contributed by atoms with Crippen LogP contribution in [0.25, 0.3) is 17.1 Å². The molecule has 3 heterocycles. The van der Waals surface area contributed by atoms with Crippen LogP contribution in [0.5, 0.6) is 0 Å². The number of nitrogens with zero attached hydrogens (tertiary/aromatic N) is 10. The molecular weight excluding hydrogens is 1120 g/mol. The van der Waals surface area contributed by atoms with Crippen molar-refractivity contribution in [3.63, 3.8) is 0 Å². The van der Waals surface area contributed by atoms with Crippen LogP contribution in [-0.2, 0) is 38.3 Å². The third-order valence-corrected chi connectivity index (χ3v) is 13.3. The van der Waals surface area contributed by atoms with Crippen LogP contribution in [0.3, 0.4) is 0 Å². The zero-order valence-corrected chi connectivity index (χ0v) is 47.9. The molecule has 0 amide bonds. The number of sulfonamides is 2. The summed E-state index contributed by atoms with van der Waals surface area (Å²) < 4.78 is 89.0. The molecule has 0 spiro atoms. The maximum atomic E-state index is 12.0. The molecule has 0 aliphatic heterocycles. The van der Waals surface area contributed by atoms with Crippen molar-refractivity contribution in [1.82, 2.24) is 29.3 Å². The minimum absolute atomic E-state index is 0. The fourth-order valence-corrected chi connectivity index (χ4v) is 9.01. The normalized spacial score (nSPS) is 10.5. The summed E-state index contributed by atoms with van der Waals surface area (Å²) in [5.41, 5.74) is 33.3. The number of hydrogen-bond donors (Lipinski definition) is 8. The van der Waals surface area contributed by atoms with Crippen LogP contribution in [0.15, 0.2) is 90.7 Å². The smallest absolute Gasteiger partial charge is 0.565 e. The third-order valence-electron chi connectivity index (χ3n) is 9.13. The first-order valence-corrected chi connectivity index (χ1v) is 28.6. The van der Waals surface area contributed by atoms with Gasteiger partial charge >= 0.3 is 37.8 Å². The van der Waals surface area contributed by atoms with E-state index >= 15 is 0 Å². The Morgan fingerprint density at radius 3 is 1.43 bits per heavy atom. The number of nitriles is 3. The average Bonchev–Trinajstić information content (AvgIpc) is 4.07. The van der Waals surface area contributed by atoms with E-state index in [2.05, 4.69) is 29.4 Å². The molecule has 3 aromatic carbocycles. The molecular formula is C42H56ClN17NaO12PS3. The van der Waals surface area contributed by atoms with Gasteiger partial charge in [0.05, 0.1) is 70.0 Å². The van der Waals surface area contributed by atoms with Gasteiger partial charge in [0.15, 0.2) is 0 Å². The molecule has 0 saturated heterocycles. The van der Waals surface area contributed by atoms with Crippen LogP contribution in [0.4, 0.5) is 40.2 Å². The van der Waals surface area contributed by atoms with E-state index in [1.54, 1.807) is 54.6 Å². The van der Waals surface area contributed by atoms with E-state index < -0.39 is 37.4 Å². The molecule has 0 bridgehead atoms. The van der Waals surface area contributed by atoms with Crippen molar-refractivity contribution < 1.29 is 75.6 Å². The monoisotopic (exact) mass is 1180 g/mol. The van der Waals surface area contributed by atoms with Gasteiger partial charge in [0.2, 0.25) is 29.1 Å². The minimum Gasteiger partial charge on any atom is -0.565 e. The van der Waals surface area contributed by atoms with Crippen molar-refractivity contribution in [2.75, 3.05) is 55.4 Å². The second-order valence-electron chi connectivity index (χ2n) is 14.8. The summed E-state index contributed by atoms with van der Waals surface area (Å²) >= 11 is 0. The first-order chi connectivity index (χ1) is 35.8. The number of unbranched alkanes of at least 4 members (excludes halogenated alkanes) is 3. The summed E-state index contributed by atoms with van der Waals surface area (Å²) in [5.74, 6) is 0.911. The maximum absolute atomic E-state index is 12.0. The first kappa shape index (κ1) is 69.9. The number of nitrogens with one attached hydrogen (secondary N) is 2. The number of halogens is 1. The fourth-order valence-electron chi connectivity index (χ4n) is 5.53. The largest absolute Gasteiger partial charge is 1.00 e. The standard InChI is InChI=1S/C14H18N6O2S.C14H17N5O2S.C10H9N5.C4H9ClO2S.HNO2.Na.HO4P.H2/c1-2-3-6-23(21,22)19-11-4-5-12(16)13(7-11)20-14(17)10(8-15)9-18-20;1-2-3-7-22(20,21)18-12-5-4-6-13(8-12)19-14(16)11(9-15)10-17-19;11-5-7-6-14-15(10(7)13)9-3-1-2-8(12)4-9;1-2-3-4-8(5,6)7;2-1-3;;1-4-5(2)3;/h4-5,7,9,19H,2-3,6,16-17H2,1H3;4-6,8,10,18H,2-3,7,16H2,1H3;1-4,6H,12-13H2;2-4H2,1H3;(H,2,3);;1H;1H/q;;;;;+1;;/p-1. The molecule has 77 heavy (non-hydrogen) atoms. The Morgan fingerprint density at radius 1 is 0.688 bits per heavy atom. The van der Waals surface area contributed by atoms with Crippen molar-refractivity contribution >= 4 is 88.2 Å². The van der Waals surface area contributed by atoms with E-state index in [9.17, 15) is 25.3 Å². The van der Waals surface area contributed by atoms with Crippen molar-refractivity contribution in [3.05, 3.63) is 112 Å². The molecule has 1 unspecified atom stereocenters. The molecule has 1 atom stereocenters. The summed E-state index contributed by atoms with van der Waals surface area (Å²) in [7, 11) is -8.16. The van der Waals surface area contributed by atoms with E-state index in [1.165, 1.54) is 38.7 Å². The summed E-state index contributed by atoms with van der Waals surface area (Å²) in [6, 6.07) is 24.3. The average molecular weight is 1180 g/mol. The number of anilines is 7. The van der Waals surface area contributed by atoms with Gasteiger partial charge in [0, 0.05) is 22.5 Å². The molecule has 35 heteroatoms. The molecule has 6 rings (SSSR count). The molecule has 6 aromatic rings. The van der Waals surface area contributed by atoms with Crippen LogP contribution in [-0.4, -0.2) is 77.1 Å². The molecule has 29 nitrogen and oxygen atoms in total. The number of hydrogen-bond acceptors (Lipinski definition) is 24. The van der Waals surface area contributed by atoms with Gasteiger partial charge in [-0.3, -0.25) is 9.44 Å². The van der Waals surface area contributed by atoms with E-state index in [0.29, 0.717) is 64.8 Å². The molecule has 0 saturated carbocycles. The van der Waals surface area contributed by atoms with Crippen molar-refractivity contribution in [2.45, 2.75) is 59.3 Å². The van der Waals surface area contributed by atoms with Gasteiger partial charge in [-0.05, 0) is 78.4 Å². The van der Waals surface area contributed by atoms with Gasteiger partial charge in [-0.25, -0.2) is 44.6 Å². The van der Waals surface area contributed by atoms with E-state index in [-0.39, 0.29) is 71.0 Å². The number of nitrogens with two attached hydrogens (primary N) is 5. The summed E-state index contributed by atoms with van der Waals surface area (Å²) in [6.45, 7) is 5.77. The summed E-state index contributed by atoms with van der Waals surface area (Å²) in [5, 5.41) is 54.7. The number of aromatic nitrogens is 6. The van der Waals surface area contributed by atoms with Gasteiger partial charge < -0.3 is 43.7 Å². The number of rotatable bonds is 17. The third kappa shape index (κ3) is 25.5. The first-order valence-electron chi connectivity index (χ1n) is 21.7. The van der Waals surface area contributed by atoms with Crippen LogP contribution < -0.4 is 72.6 Å². The second-order valence-corrected chi connectivity index (χ2v) is 22.0. The SMILES string of the molecule is CCCCS(=O)(=O)Cl.CCCCS(=O)(=O)Nc1ccc(N)c(-n2ncc(C#N)c2N)c1.CCCCS(=O)(=O)Nc1cccc(-n2ncc(C#N)c2N)c1.N#Cc1cnn(-c2cccc(N)c2)c1N.O=N[O-].O=[P+]([O-])OO.[HH].[Na+]. The van der Waals surface area contributed by atoms with Gasteiger partial charge in [0.1, 0.15) is 52.4 Å². The second kappa shape index (κ2) is 35.3. The van der Waals surface area contributed by atoms with E-state index in [4.69, 9.17) is 80.0 Å². The number of nitrogen functional groups attached to an aromatic ring is 5. The van der Waals surface area contributed by atoms with Crippen LogP contribution in [0.1, 0.15) is 77.4 Å². The molecule has 0 fully saturated rings. The molecule has 412 valence electrons. The predicted molar refractivity (Wildman–Crippen MR) is 289 cm³/mol. The van der Waals surface area contributed by atoms with Crippen molar-refractivity contribution in [1.29, 1.82) is 15.8 Å². The van der Waals surface area contributed by atoms with Gasteiger partial charge in [-0.1, -0.05) is 52.2 Å². The maximum Gasteiger partial charge on any atom is 1.00 e. The Balaban J connectivity index is 0. The minimum atomic E-state index is -3.42. The van der Waals surface area contributed by atoms with Crippen LogP contribution in [0.2, 0.25) is 0 Å². The summed E-state index contributed by atoms with van der Waals surface area (Å²) in [4.78, 5) is 16.9. The molecule has 0 aliphatic carbocycles. The van der Waals surface area contributed by atoms with Gasteiger partial charge in [0.25, 0.3) is 0 Å². The topological polar surface area (TPSA) is 503 Å². The molecule has 0 radical (unpaired) electrons. The molecule has 0 aliphatic rings. The van der Waals surface area contributed by atoms with Gasteiger partial charge in [-0.15, -0.1) is 5.34 Å². The zero-order chi connectivity index (χ0) is 57.6. The fraction of sp³-hybridized carbons (Fsp3) is 0.286. The summed E-state index contributed by atoms with van der Waals surface area (Å²) in [6.07, 6.45) is 8.43. The quantitative estimate of drug-likeness (QED) is 0.0124. The van der Waals surface area contributed by atoms with E-state index in [1.807, 2.05) is 45.0 Å². The molecule has 13 N–H and O–H groups in total. The van der Waals surface area contributed by atoms with Gasteiger partial charge in [-0.2, -0.15) is 31.1 Å². The Labute approximate surface area is 473 Å². The van der Waals surface area contributed by atoms with E-state index in [0.717, 1.165) is 30.3 Å². The van der Waals surface area contributed by atoms with Crippen molar-refractivity contribution in [3.8, 4) is 35.3 Å². The predicted octanol–water partition coefficient (Wildman–Crippen LogP) is 2.58. The Hall–Kier alpha value is -7.12. The Kier molecular flexibility index (Phi) is 32.0. The van der Waals surface area contributed by atoms with Crippen LogP contribution >= 0.6 is 18.9 Å². The molecule has 3 aromatic heterocycles. The van der Waals surface area contributed by atoms with Crippen molar-refractivity contribution in [2.24, 2.45) is 5.34 Å². The Morgan fingerprint density at radius 2 is 1.06 bits per heavy atom. The Bertz CT molecular complexity index is 3340.